The molecule has 21 heavy (non-hydrogen) atoms. The van der Waals surface area contributed by atoms with Gasteiger partial charge in [-0.15, -0.1) is 0 Å². The van der Waals surface area contributed by atoms with Gasteiger partial charge in [-0.2, -0.15) is 0 Å². The summed E-state index contributed by atoms with van der Waals surface area (Å²) in [4.78, 5) is 14.3. The molecule has 8 nitrogen and oxygen atoms in total. The van der Waals surface area contributed by atoms with Crippen molar-refractivity contribution in [2.24, 2.45) is 0 Å². The maximum atomic E-state index is 12.3. The van der Waals surface area contributed by atoms with E-state index in [1.54, 1.807) is 6.92 Å². The van der Waals surface area contributed by atoms with E-state index in [4.69, 9.17) is 13.5 Å². The van der Waals surface area contributed by atoms with E-state index in [1.807, 2.05) is 0 Å². The van der Waals surface area contributed by atoms with E-state index >= 15 is 0 Å². The molecule has 1 aromatic carbocycles. The minimum atomic E-state index is -3.53. The van der Waals surface area contributed by atoms with Crippen LogP contribution in [-0.4, -0.2) is 24.1 Å². The Balaban J connectivity index is 2.43. The number of nitro benzene ring substituents is 1. The summed E-state index contributed by atoms with van der Waals surface area (Å²) in [5.74, 6) is 0.187. The van der Waals surface area contributed by atoms with Crippen molar-refractivity contribution >= 4 is 18.8 Å². The molecule has 1 aromatic heterocycles. The van der Waals surface area contributed by atoms with Crippen LogP contribution in [0.3, 0.4) is 0 Å². The first kappa shape index (κ1) is 15.4. The minimum absolute atomic E-state index is 0.0147. The Morgan fingerprint density at radius 2 is 1.81 bits per heavy atom. The first-order chi connectivity index (χ1) is 9.91. The van der Waals surface area contributed by atoms with E-state index in [-0.39, 0.29) is 17.1 Å². The Hall–Kier alpha value is -2.02. The Bertz CT molecular complexity index is 701. The second-order valence-corrected chi connectivity index (χ2v) is 6.21. The number of oxazole rings is 1. The number of benzene rings is 1. The molecule has 0 aliphatic rings. The lowest BCUT2D eigenvalue weighted by atomic mass is 10.2. The summed E-state index contributed by atoms with van der Waals surface area (Å²) in [5, 5.41) is 10.6. The molecule has 0 amide bonds. The molecule has 9 heteroatoms. The Kier molecular flexibility index (Phi) is 4.22. The molecule has 0 fully saturated rings. The van der Waals surface area contributed by atoms with Gasteiger partial charge in [0.05, 0.1) is 10.6 Å². The van der Waals surface area contributed by atoms with Crippen LogP contribution < -0.4 is 5.50 Å². The van der Waals surface area contributed by atoms with Crippen molar-refractivity contribution in [1.82, 2.24) is 4.98 Å². The summed E-state index contributed by atoms with van der Waals surface area (Å²) in [6.07, 6.45) is 0. The summed E-state index contributed by atoms with van der Waals surface area (Å²) < 4.78 is 27.5. The fourth-order valence-electron chi connectivity index (χ4n) is 1.73. The first-order valence-corrected chi connectivity index (χ1v) is 7.40. The summed E-state index contributed by atoms with van der Waals surface area (Å²) in [5.41, 5.74) is 0.867. The number of nitro groups is 1. The third-order valence-corrected chi connectivity index (χ3v) is 4.70. The van der Waals surface area contributed by atoms with Gasteiger partial charge in [0.1, 0.15) is 0 Å². The van der Waals surface area contributed by atoms with Crippen LogP contribution in [-0.2, 0) is 13.6 Å². The van der Waals surface area contributed by atoms with Crippen LogP contribution >= 0.6 is 7.60 Å². The highest BCUT2D eigenvalue weighted by Crippen LogP contribution is 2.46. The molecule has 0 unspecified atom stereocenters. The molecular weight excluding hydrogens is 299 g/mol. The first-order valence-electron chi connectivity index (χ1n) is 5.85. The third-order valence-electron chi connectivity index (χ3n) is 2.83. The van der Waals surface area contributed by atoms with E-state index in [0.717, 1.165) is 0 Å². The number of nitrogens with zero attached hydrogens (tertiary/aromatic N) is 2. The number of hydrogen-bond donors (Lipinski definition) is 0. The molecule has 112 valence electrons. The van der Waals surface area contributed by atoms with E-state index < -0.39 is 12.5 Å². The number of aryl methyl sites for hydroxylation is 1. The summed E-state index contributed by atoms with van der Waals surface area (Å²) >= 11 is 0. The second-order valence-electron chi connectivity index (χ2n) is 4.08. The van der Waals surface area contributed by atoms with Gasteiger partial charge in [0.25, 0.3) is 5.69 Å². The Morgan fingerprint density at radius 1 is 1.24 bits per heavy atom. The van der Waals surface area contributed by atoms with Crippen molar-refractivity contribution in [3.8, 4) is 11.5 Å². The fraction of sp³-hybridized carbons (Fsp3) is 0.250. The van der Waals surface area contributed by atoms with Gasteiger partial charge < -0.3 is 13.5 Å². The van der Waals surface area contributed by atoms with Crippen molar-refractivity contribution in [1.29, 1.82) is 0 Å². The van der Waals surface area contributed by atoms with E-state index in [2.05, 4.69) is 4.98 Å². The van der Waals surface area contributed by atoms with E-state index in [1.165, 1.54) is 38.5 Å². The lowest BCUT2D eigenvalue weighted by molar-refractivity contribution is -0.384. The predicted molar refractivity (Wildman–Crippen MR) is 74.6 cm³/mol. The quantitative estimate of drug-likeness (QED) is 0.474. The summed E-state index contributed by atoms with van der Waals surface area (Å²) in [6, 6.07) is 5.66. The van der Waals surface area contributed by atoms with Gasteiger partial charge in [0, 0.05) is 31.9 Å². The van der Waals surface area contributed by atoms with Crippen LogP contribution in [0, 0.1) is 17.0 Å². The van der Waals surface area contributed by atoms with Crippen molar-refractivity contribution in [3.05, 3.63) is 40.1 Å². The standard InChI is InChI=1S/C12H13N2O6P/c1-8-12(21(17,18-2)19-3)20-11(13-8)9-4-6-10(7-5-9)14(15)16/h4-7H,1-3H3. The average Bonchev–Trinajstić information content (AvgIpc) is 2.89. The van der Waals surface area contributed by atoms with Crippen LogP contribution in [0.2, 0.25) is 0 Å². The third kappa shape index (κ3) is 2.87. The maximum Gasteiger partial charge on any atom is 0.397 e. The molecule has 0 aliphatic carbocycles. The molecule has 0 spiro atoms. The molecule has 0 atom stereocenters. The molecule has 0 radical (unpaired) electrons. The van der Waals surface area contributed by atoms with Crippen molar-refractivity contribution in [2.45, 2.75) is 6.92 Å². The predicted octanol–water partition coefficient (Wildman–Crippen LogP) is 2.67. The average molecular weight is 312 g/mol. The normalized spacial score (nSPS) is 11.6. The SMILES string of the molecule is COP(=O)(OC)c1oc(-c2ccc([N+](=O)[O-])cc2)nc1C. The van der Waals surface area contributed by atoms with Crippen LogP contribution in [0.1, 0.15) is 5.69 Å². The van der Waals surface area contributed by atoms with Crippen LogP contribution in [0.15, 0.2) is 28.7 Å². The van der Waals surface area contributed by atoms with Crippen LogP contribution in [0.5, 0.6) is 0 Å². The molecule has 2 aromatic rings. The number of aromatic nitrogens is 1. The molecular formula is C12H13N2O6P. The zero-order valence-corrected chi connectivity index (χ0v) is 12.5. The number of rotatable bonds is 5. The van der Waals surface area contributed by atoms with Crippen LogP contribution in [0.4, 0.5) is 5.69 Å². The topological polar surface area (TPSA) is 105 Å². The minimum Gasteiger partial charge on any atom is -0.428 e. The van der Waals surface area contributed by atoms with E-state index in [9.17, 15) is 14.7 Å². The number of non-ortho nitro benzene ring substituents is 1. The Morgan fingerprint density at radius 3 is 2.29 bits per heavy atom. The fourth-order valence-corrected chi connectivity index (χ4v) is 2.86. The second kappa shape index (κ2) is 5.77. The largest absolute Gasteiger partial charge is 0.428 e. The zero-order chi connectivity index (χ0) is 15.6. The maximum absolute atomic E-state index is 12.3. The summed E-state index contributed by atoms with van der Waals surface area (Å²) in [7, 11) is -1.04. The van der Waals surface area contributed by atoms with Gasteiger partial charge in [-0.05, 0) is 19.1 Å². The highest BCUT2D eigenvalue weighted by atomic mass is 31.2. The number of hydrogen-bond acceptors (Lipinski definition) is 7. The Labute approximate surface area is 120 Å². The molecule has 0 N–H and O–H groups in total. The lowest BCUT2D eigenvalue weighted by Gasteiger charge is -2.10. The smallest absolute Gasteiger partial charge is 0.397 e. The molecule has 2 rings (SSSR count). The van der Waals surface area contributed by atoms with Crippen molar-refractivity contribution in [3.63, 3.8) is 0 Å². The highest BCUT2D eigenvalue weighted by molar-refractivity contribution is 7.61. The molecule has 0 aliphatic heterocycles. The lowest BCUT2D eigenvalue weighted by Crippen LogP contribution is -2.08. The van der Waals surface area contributed by atoms with Gasteiger partial charge in [-0.25, -0.2) is 4.98 Å². The van der Waals surface area contributed by atoms with Gasteiger partial charge >= 0.3 is 7.60 Å². The van der Waals surface area contributed by atoms with Crippen molar-refractivity contribution < 1.29 is 23.0 Å². The van der Waals surface area contributed by atoms with Gasteiger partial charge in [-0.1, -0.05) is 0 Å². The summed E-state index contributed by atoms with van der Waals surface area (Å²) in [6.45, 7) is 1.61. The zero-order valence-electron chi connectivity index (χ0n) is 11.6. The van der Waals surface area contributed by atoms with Crippen LogP contribution in [0.25, 0.3) is 11.5 Å². The van der Waals surface area contributed by atoms with Crippen molar-refractivity contribution in [2.75, 3.05) is 14.2 Å². The molecule has 1 heterocycles. The molecule has 0 saturated carbocycles. The molecule has 0 bridgehead atoms. The molecule has 0 saturated heterocycles. The van der Waals surface area contributed by atoms with E-state index in [0.29, 0.717) is 11.3 Å². The monoisotopic (exact) mass is 312 g/mol. The highest BCUT2D eigenvalue weighted by Gasteiger charge is 2.32. The van der Waals surface area contributed by atoms with Gasteiger partial charge in [-0.3, -0.25) is 14.7 Å². The van der Waals surface area contributed by atoms with Gasteiger partial charge in [0.15, 0.2) is 0 Å². The van der Waals surface area contributed by atoms with Gasteiger partial charge in [0.2, 0.25) is 11.4 Å².